The van der Waals surface area contributed by atoms with E-state index in [1.807, 2.05) is 0 Å². The summed E-state index contributed by atoms with van der Waals surface area (Å²) in [6.45, 7) is 2.49. The van der Waals surface area contributed by atoms with Gasteiger partial charge in [0.25, 0.3) is 0 Å². The highest BCUT2D eigenvalue weighted by molar-refractivity contribution is 5.90. The number of aromatic nitrogens is 3. The Morgan fingerprint density at radius 3 is 2.56 bits per heavy atom. The molecule has 2 amide bonds. The predicted molar refractivity (Wildman–Crippen MR) is 112 cm³/mol. The van der Waals surface area contributed by atoms with E-state index >= 15 is 0 Å². The van der Waals surface area contributed by atoms with Gasteiger partial charge in [0, 0.05) is 39.6 Å². The maximum absolute atomic E-state index is 13.2. The van der Waals surface area contributed by atoms with E-state index in [2.05, 4.69) is 20.1 Å². The number of carbonyl (C=O) groups is 1. The highest BCUT2D eigenvalue weighted by atomic mass is 19.4. The molecule has 174 valence electrons. The Labute approximate surface area is 184 Å². The first kappa shape index (κ1) is 22.6. The van der Waals surface area contributed by atoms with Crippen molar-refractivity contribution in [3.63, 3.8) is 0 Å². The highest BCUT2D eigenvalue weighted by Crippen LogP contribution is 2.42. The van der Waals surface area contributed by atoms with Crippen LogP contribution in [0.25, 0.3) is 0 Å². The van der Waals surface area contributed by atoms with Crippen molar-refractivity contribution in [2.45, 2.75) is 51.2 Å². The van der Waals surface area contributed by atoms with E-state index < -0.39 is 17.8 Å². The molecule has 7 nitrogen and oxygen atoms in total. The van der Waals surface area contributed by atoms with Crippen LogP contribution in [-0.2, 0) is 30.3 Å². The molecule has 0 unspecified atom stereocenters. The van der Waals surface area contributed by atoms with Gasteiger partial charge in [-0.3, -0.25) is 0 Å². The highest BCUT2D eigenvalue weighted by Gasteiger charge is 2.38. The number of urea groups is 1. The summed E-state index contributed by atoms with van der Waals surface area (Å²) in [6, 6.07) is 4.58. The van der Waals surface area contributed by atoms with Crippen LogP contribution >= 0.6 is 0 Å². The number of hydrogen-bond donors (Lipinski definition) is 1. The number of piperidine rings is 1. The fraction of sp³-hybridized carbons (Fsp3) is 0.591. The third-order valence-corrected chi connectivity index (χ3v) is 6.76. The summed E-state index contributed by atoms with van der Waals surface area (Å²) < 4.78 is 47.0. The number of fused-ring (bicyclic) bond motifs is 1. The standard InChI is InChI=1S/C22H28F3N5O2/c1-32-15-7-19-28-27-18-6-8-21(11-14-30(18)19)9-12-29(13-10-21)20(31)26-17-5-3-2-4-16(17)22(23,24)25/h2-5H,6-15H2,1H3,(H,26,31). The zero-order valence-electron chi connectivity index (χ0n) is 18.1. The Balaban J connectivity index is 1.36. The van der Waals surface area contributed by atoms with Crippen molar-refractivity contribution in [2.75, 3.05) is 32.1 Å². The van der Waals surface area contributed by atoms with Gasteiger partial charge in [-0.1, -0.05) is 12.1 Å². The number of halogens is 3. The van der Waals surface area contributed by atoms with E-state index in [1.54, 1.807) is 12.0 Å². The van der Waals surface area contributed by atoms with E-state index in [-0.39, 0.29) is 11.1 Å². The number of anilines is 1. The first-order valence-corrected chi connectivity index (χ1v) is 10.9. The van der Waals surface area contributed by atoms with Gasteiger partial charge in [0.1, 0.15) is 11.6 Å². The molecule has 0 radical (unpaired) electrons. The molecule has 1 spiro atoms. The van der Waals surface area contributed by atoms with Gasteiger partial charge < -0.3 is 19.5 Å². The third kappa shape index (κ3) is 4.74. The summed E-state index contributed by atoms with van der Waals surface area (Å²) in [6.07, 6.45) is 0.652. The van der Waals surface area contributed by atoms with Crippen LogP contribution in [0.1, 0.15) is 42.9 Å². The lowest BCUT2D eigenvalue weighted by atomic mass is 9.73. The Kier molecular flexibility index (Phi) is 6.41. The lowest BCUT2D eigenvalue weighted by molar-refractivity contribution is -0.136. The van der Waals surface area contributed by atoms with Gasteiger partial charge in [0.15, 0.2) is 0 Å². The molecule has 0 bridgehead atoms. The average molecular weight is 451 g/mol. The fourth-order valence-electron chi connectivity index (χ4n) is 4.76. The largest absolute Gasteiger partial charge is 0.418 e. The van der Waals surface area contributed by atoms with Crippen molar-refractivity contribution < 1.29 is 22.7 Å². The summed E-state index contributed by atoms with van der Waals surface area (Å²) in [4.78, 5) is 14.3. The fourth-order valence-corrected chi connectivity index (χ4v) is 4.76. The van der Waals surface area contributed by atoms with Crippen molar-refractivity contribution in [3.05, 3.63) is 41.5 Å². The average Bonchev–Trinajstić information content (AvgIpc) is 3.08. The number of rotatable bonds is 4. The molecule has 0 aliphatic carbocycles. The van der Waals surface area contributed by atoms with E-state index in [9.17, 15) is 18.0 Å². The lowest BCUT2D eigenvalue weighted by Gasteiger charge is -2.41. The smallest absolute Gasteiger partial charge is 0.384 e. The van der Waals surface area contributed by atoms with E-state index in [1.165, 1.54) is 18.2 Å². The SMILES string of the molecule is COCCc1nnc2n1CCC1(CC2)CCN(C(=O)Nc2ccccc2C(F)(F)F)CC1. The minimum absolute atomic E-state index is 0.111. The van der Waals surface area contributed by atoms with Crippen molar-refractivity contribution >= 4 is 11.7 Å². The quantitative estimate of drug-likeness (QED) is 0.759. The normalized spacial score (nSPS) is 18.3. The van der Waals surface area contributed by atoms with Crippen LogP contribution in [-0.4, -0.2) is 52.5 Å². The number of benzene rings is 1. The number of alkyl halides is 3. The molecule has 2 aliphatic heterocycles. The number of hydrogen-bond acceptors (Lipinski definition) is 4. The Bertz CT molecular complexity index is 951. The van der Waals surface area contributed by atoms with Crippen molar-refractivity contribution in [2.24, 2.45) is 5.41 Å². The first-order chi connectivity index (χ1) is 15.3. The molecule has 1 aromatic carbocycles. The summed E-state index contributed by atoms with van der Waals surface area (Å²) in [5.41, 5.74) is -0.931. The second-order valence-corrected chi connectivity index (χ2v) is 8.64. The minimum atomic E-state index is -4.52. The van der Waals surface area contributed by atoms with Gasteiger partial charge in [-0.15, -0.1) is 10.2 Å². The van der Waals surface area contributed by atoms with E-state index in [4.69, 9.17) is 4.74 Å². The molecule has 4 rings (SSSR count). The van der Waals surface area contributed by atoms with Crippen LogP contribution < -0.4 is 5.32 Å². The maximum atomic E-state index is 13.2. The zero-order chi connectivity index (χ0) is 22.8. The number of likely N-dealkylation sites (tertiary alicyclic amines) is 1. The van der Waals surface area contributed by atoms with Crippen molar-refractivity contribution in [1.82, 2.24) is 19.7 Å². The molecule has 1 saturated heterocycles. The Morgan fingerprint density at radius 2 is 1.84 bits per heavy atom. The molecular weight excluding hydrogens is 423 g/mol. The molecule has 3 heterocycles. The van der Waals surface area contributed by atoms with Crippen LogP contribution in [0.3, 0.4) is 0 Å². The molecule has 2 aliphatic rings. The monoisotopic (exact) mass is 451 g/mol. The van der Waals surface area contributed by atoms with Crippen LogP contribution in [0.5, 0.6) is 0 Å². The summed E-state index contributed by atoms with van der Waals surface area (Å²) >= 11 is 0. The van der Waals surface area contributed by atoms with E-state index in [0.29, 0.717) is 19.7 Å². The van der Waals surface area contributed by atoms with Crippen molar-refractivity contribution in [3.8, 4) is 0 Å². The zero-order valence-corrected chi connectivity index (χ0v) is 18.1. The molecule has 0 atom stereocenters. The Hall–Kier alpha value is -2.62. The third-order valence-electron chi connectivity index (χ3n) is 6.76. The van der Waals surface area contributed by atoms with Crippen LogP contribution in [0.4, 0.5) is 23.7 Å². The predicted octanol–water partition coefficient (Wildman–Crippen LogP) is 4.14. The minimum Gasteiger partial charge on any atom is -0.384 e. The van der Waals surface area contributed by atoms with Gasteiger partial charge in [-0.2, -0.15) is 13.2 Å². The number of nitrogens with one attached hydrogen (secondary N) is 1. The molecule has 2 aromatic rings. The summed E-state index contributed by atoms with van der Waals surface area (Å²) in [5.74, 6) is 1.94. The van der Waals surface area contributed by atoms with Crippen LogP contribution in [0, 0.1) is 5.41 Å². The number of para-hydroxylation sites is 1. The molecule has 1 fully saturated rings. The number of nitrogens with zero attached hydrogens (tertiary/aromatic N) is 4. The van der Waals surface area contributed by atoms with Gasteiger partial charge >= 0.3 is 12.2 Å². The molecule has 0 saturated carbocycles. The van der Waals surface area contributed by atoms with Gasteiger partial charge in [-0.05, 0) is 43.2 Å². The summed E-state index contributed by atoms with van der Waals surface area (Å²) in [5, 5.41) is 11.1. The molecular formula is C22H28F3N5O2. The summed E-state index contributed by atoms with van der Waals surface area (Å²) in [7, 11) is 1.67. The number of amides is 2. The molecule has 10 heteroatoms. The number of methoxy groups -OCH3 is 1. The first-order valence-electron chi connectivity index (χ1n) is 10.9. The van der Waals surface area contributed by atoms with Gasteiger partial charge in [-0.25, -0.2) is 4.79 Å². The lowest BCUT2D eigenvalue weighted by Crippen LogP contribution is -2.45. The molecule has 1 N–H and O–H groups in total. The number of aryl methyl sites for hydroxylation is 1. The van der Waals surface area contributed by atoms with Gasteiger partial charge in [0.05, 0.1) is 17.9 Å². The van der Waals surface area contributed by atoms with Crippen molar-refractivity contribution in [1.29, 1.82) is 0 Å². The van der Waals surface area contributed by atoms with Gasteiger partial charge in [0.2, 0.25) is 0 Å². The number of carbonyl (C=O) groups excluding carboxylic acids is 1. The molecule has 32 heavy (non-hydrogen) atoms. The topological polar surface area (TPSA) is 72.3 Å². The van der Waals surface area contributed by atoms with Crippen LogP contribution in [0.15, 0.2) is 24.3 Å². The maximum Gasteiger partial charge on any atom is 0.418 e. The second-order valence-electron chi connectivity index (χ2n) is 8.64. The van der Waals surface area contributed by atoms with Crippen LogP contribution in [0.2, 0.25) is 0 Å². The second kappa shape index (κ2) is 9.09. The Morgan fingerprint density at radius 1 is 1.12 bits per heavy atom. The van der Waals surface area contributed by atoms with E-state index in [0.717, 1.165) is 62.8 Å². The number of ether oxygens (including phenoxy) is 1. The molecule has 1 aromatic heterocycles.